The van der Waals surface area contributed by atoms with Crippen molar-refractivity contribution in [2.75, 3.05) is 58.2 Å². The van der Waals surface area contributed by atoms with Crippen molar-refractivity contribution >= 4 is 21.9 Å². The first-order valence-electron chi connectivity index (χ1n) is 5.37. The number of aliphatic hydroxyl groups is 1. The molecule has 0 atom stereocenters. The molecule has 0 aliphatic heterocycles. The smallest absolute Gasteiger partial charge is 0.316 e. The average molecular weight is 315 g/mol. The molecule has 0 rings (SSSR count). The Balaban J connectivity index is 2.96. The Kier molecular flexibility index (Phi) is 13.7. The van der Waals surface area contributed by atoms with Crippen LogP contribution in [0.3, 0.4) is 0 Å². The normalized spacial score (nSPS) is 10.5. The van der Waals surface area contributed by atoms with Gasteiger partial charge in [0.05, 0.1) is 46.2 Å². The molecule has 0 aliphatic carbocycles. The van der Waals surface area contributed by atoms with Crippen LogP contribution in [0.2, 0.25) is 0 Å². The average Bonchev–Trinajstić information content (AvgIpc) is 2.35. The lowest BCUT2D eigenvalue weighted by Gasteiger charge is -2.06. The van der Waals surface area contributed by atoms with Gasteiger partial charge >= 0.3 is 5.97 Å². The van der Waals surface area contributed by atoms with E-state index in [1.54, 1.807) is 0 Å². The molecule has 17 heavy (non-hydrogen) atoms. The third kappa shape index (κ3) is 13.7. The molecule has 0 aromatic heterocycles. The summed E-state index contributed by atoms with van der Waals surface area (Å²) in [5, 5.41) is 8.62. The van der Waals surface area contributed by atoms with Gasteiger partial charge in [-0.15, -0.1) is 0 Å². The molecule has 0 amide bonds. The summed E-state index contributed by atoms with van der Waals surface area (Å²) in [5.41, 5.74) is 0. The molecule has 0 saturated heterocycles. The van der Waals surface area contributed by atoms with Gasteiger partial charge in [0, 0.05) is 0 Å². The summed E-state index contributed by atoms with van der Waals surface area (Å²) in [7, 11) is 0. The van der Waals surface area contributed by atoms with Crippen LogP contribution in [0.25, 0.3) is 0 Å². The van der Waals surface area contributed by atoms with Crippen LogP contribution in [0.1, 0.15) is 0 Å². The Morgan fingerprint density at radius 1 is 0.882 bits per heavy atom. The van der Waals surface area contributed by atoms with E-state index in [1.807, 2.05) is 0 Å². The van der Waals surface area contributed by atoms with Crippen molar-refractivity contribution in [3.05, 3.63) is 0 Å². The highest BCUT2D eigenvalue weighted by molar-refractivity contribution is 9.09. The van der Waals surface area contributed by atoms with Crippen LogP contribution in [0.15, 0.2) is 0 Å². The van der Waals surface area contributed by atoms with E-state index >= 15 is 0 Å². The maximum Gasteiger partial charge on any atom is 0.316 e. The predicted octanol–water partition coefficient (Wildman–Crippen LogP) is -0.0334. The summed E-state index contributed by atoms with van der Waals surface area (Å²) in [6.45, 7) is 2.83. The SMILES string of the molecule is O=C(CBr)OCCOCCOCCOCCO. The van der Waals surface area contributed by atoms with E-state index < -0.39 is 0 Å². The number of esters is 1. The molecule has 0 bridgehead atoms. The molecule has 0 aromatic carbocycles. The minimum absolute atomic E-state index is 0.0240. The molecule has 7 heteroatoms. The number of alkyl halides is 1. The van der Waals surface area contributed by atoms with E-state index in [-0.39, 0.29) is 24.5 Å². The van der Waals surface area contributed by atoms with Crippen LogP contribution in [-0.4, -0.2) is 69.3 Å². The van der Waals surface area contributed by atoms with Gasteiger partial charge in [0.15, 0.2) is 0 Å². The number of rotatable bonds is 12. The summed E-state index contributed by atoms with van der Waals surface area (Å²) in [4.78, 5) is 10.7. The van der Waals surface area contributed by atoms with Crippen molar-refractivity contribution < 1.29 is 28.8 Å². The second-order valence-corrected chi connectivity index (χ2v) is 3.48. The maximum absolute atomic E-state index is 10.7. The number of hydrogen-bond acceptors (Lipinski definition) is 6. The molecule has 0 heterocycles. The van der Waals surface area contributed by atoms with Crippen molar-refractivity contribution in [2.24, 2.45) is 0 Å². The van der Waals surface area contributed by atoms with Gasteiger partial charge in [0.1, 0.15) is 11.9 Å². The van der Waals surface area contributed by atoms with E-state index in [2.05, 4.69) is 15.9 Å². The van der Waals surface area contributed by atoms with Crippen LogP contribution < -0.4 is 0 Å². The first-order valence-corrected chi connectivity index (χ1v) is 6.49. The van der Waals surface area contributed by atoms with Crippen molar-refractivity contribution in [2.45, 2.75) is 0 Å². The fraction of sp³-hybridized carbons (Fsp3) is 0.900. The Hall–Kier alpha value is -0.210. The van der Waals surface area contributed by atoms with Crippen molar-refractivity contribution in [1.29, 1.82) is 0 Å². The lowest BCUT2D eigenvalue weighted by Crippen LogP contribution is -2.14. The van der Waals surface area contributed by atoms with E-state index in [4.69, 9.17) is 24.1 Å². The molecule has 0 spiro atoms. The number of carbonyl (C=O) groups is 1. The summed E-state index contributed by atoms with van der Waals surface area (Å²) < 4.78 is 20.1. The van der Waals surface area contributed by atoms with Gasteiger partial charge in [-0.25, -0.2) is 0 Å². The zero-order chi connectivity index (χ0) is 12.8. The van der Waals surface area contributed by atoms with Crippen LogP contribution >= 0.6 is 15.9 Å². The fourth-order valence-electron chi connectivity index (χ4n) is 0.859. The molecule has 1 N–H and O–H groups in total. The van der Waals surface area contributed by atoms with Gasteiger partial charge in [-0.1, -0.05) is 15.9 Å². The number of aliphatic hydroxyl groups excluding tert-OH is 1. The standard InChI is InChI=1S/C10H19BrO6/c11-9-10(13)17-8-7-16-6-5-15-4-3-14-2-1-12/h12H,1-9H2. The fourth-order valence-corrected chi connectivity index (χ4v) is 1.02. The van der Waals surface area contributed by atoms with Gasteiger partial charge in [-0.05, 0) is 0 Å². The van der Waals surface area contributed by atoms with Crippen LogP contribution in [0.5, 0.6) is 0 Å². The van der Waals surface area contributed by atoms with E-state index in [0.29, 0.717) is 39.6 Å². The molecular weight excluding hydrogens is 296 g/mol. The Morgan fingerprint density at radius 3 is 1.82 bits per heavy atom. The van der Waals surface area contributed by atoms with Crippen molar-refractivity contribution in [3.63, 3.8) is 0 Å². The number of halogens is 1. The lowest BCUT2D eigenvalue weighted by molar-refractivity contribution is -0.142. The molecule has 0 unspecified atom stereocenters. The maximum atomic E-state index is 10.7. The molecule has 0 radical (unpaired) electrons. The minimum Gasteiger partial charge on any atom is -0.463 e. The highest BCUT2D eigenvalue weighted by Crippen LogP contribution is 1.86. The van der Waals surface area contributed by atoms with E-state index in [9.17, 15) is 4.79 Å². The van der Waals surface area contributed by atoms with Crippen LogP contribution in [0.4, 0.5) is 0 Å². The van der Waals surface area contributed by atoms with Crippen LogP contribution in [-0.2, 0) is 23.7 Å². The zero-order valence-electron chi connectivity index (χ0n) is 9.73. The quantitative estimate of drug-likeness (QED) is 0.310. The first-order chi connectivity index (χ1) is 8.31. The second kappa shape index (κ2) is 13.9. The molecule has 102 valence electrons. The molecule has 0 saturated carbocycles. The number of ether oxygens (including phenoxy) is 4. The summed E-state index contributed by atoms with van der Waals surface area (Å²) in [6, 6.07) is 0. The second-order valence-electron chi connectivity index (χ2n) is 2.91. The Morgan fingerprint density at radius 2 is 1.35 bits per heavy atom. The molecule has 0 aromatic rings. The third-order valence-corrected chi connectivity index (χ3v) is 2.04. The summed E-state index contributed by atoms with van der Waals surface area (Å²) in [6.07, 6.45) is 0. The highest BCUT2D eigenvalue weighted by Gasteiger charge is 1.98. The van der Waals surface area contributed by atoms with Gasteiger partial charge in [0.25, 0.3) is 0 Å². The topological polar surface area (TPSA) is 74.2 Å². The highest BCUT2D eigenvalue weighted by atomic mass is 79.9. The first kappa shape index (κ1) is 16.8. The van der Waals surface area contributed by atoms with Gasteiger partial charge < -0.3 is 24.1 Å². The largest absolute Gasteiger partial charge is 0.463 e. The van der Waals surface area contributed by atoms with Crippen molar-refractivity contribution in [3.8, 4) is 0 Å². The molecule has 0 aliphatic rings. The molecular formula is C10H19BrO6. The number of carbonyl (C=O) groups excluding carboxylic acids is 1. The summed E-state index contributed by atoms with van der Waals surface area (Å²) in [5.74, 6) is -0.300. The number of hydrogen-bond donors (Lipinski definition) is 1. The third-order valence-electron chi connectivity index (χ3n) is 1.58. The monoisotopic (exact) mass is 314 g/mol. The predicted molar refractivity (Wildman–Crippen MR) is 64.3 cm³/mol. The molecule has 6 nitrogen and oxygen atoms in total. The van der Waals surface area contributed by atoms with Crippen molar-refractivity contribution in [1.82, 2.24) is 0 Å². The summed E-state index contributed by atoms with van der Waals surface area (Å²) >= 11 is 2.98. The lowest BCUT2D eigenvalue weighted by atomic mass is 10.7. The van der Waals surface area contributed by atoms with Gasteiger partial charge in [0.2, 0.25) is 0 Å². The molecule has 0 fully saturated rings. The van der Waals surface area contributed by atoms with E-state index in [1.165, 1.54) is 0 Å². The Labute approximate surface area is 109 Å². The Bertz CT molecular complexity index is 178. The van der Waals surface area contributed by atoms with E-state index in [0.717, 1.165) is 0 Å². The van der Waals surface area contributed by atoms with Crippen LogP contribution in [0, 0.1) is 0 Å². The zero-order valence-corrected chi connectivity index (χ0v) is 11.3. The minimum atomic E-state index is -0.300. The van der Waals surface area contributed by atoms with Gasteiger partial charge in [-0.2, -0.15) is 0 Å². The van der Waals surface area contributed by atoms with Gasteiger partial charge in [-0.3, -0.25) is 4.79 Å².